The van der Waals surface area contributed by atoms with Crippen LogP contribution in [0.1, 0.15) is 113 Å². The van der Waals surface area contributed by atoms with Crippen molar-refractivity contribution in [1.82, 2.24) is 9.80 Å². The third-order valence-electron chi connectivity index (χ3n) is 10.8. The molecule has 77 heavy (non-hydrogen) atoms. The van der Waals surface area contributed by atoms with E-state index in [9.17, 15) is 38.1 Å². The highest BCUT2D eigenvalue weighted by Crippen LogP contribution is 2.49. The average molecular weight is 1100 g/mol. The second-order valence-corrected chi connectivity index (χ2v) is 22.2. The molecule has 2 atom stereocenters. The topological polar surface area (TPSA) is 262 Å². The van der Waals surface area contributed by atoms with Crippen molar-refractivity contribution in [2.75, 3.05) is 41.7 Å². The highest BCUT2D eigenvalue weighted by Gasteiger charge is 2.46. The monoisotopic (exact) mass is 1100 g/mol. The van der Waals surface area contributed by atoms with E-state index in [0.717, 1.165) is 24.3 Å². The Bertz CT molecular complexity index is 2860. The van der Waals surface area contributed by atoms with E-state index >= 15 is 0 Å². The first kappa shape index (κ1) is 62.4. The number of ether oxygens (including phenoxy) is 8. The molecule has 4 aromatic rings. The van der Waals surface area contributed by atoms with E-state index < -0.39 is 83.1 Å². The summed E-state index contributed by atoms with van der Waals surface area (Å²) in [6.45, 7) is 18.3. The van der Waals surface area contributed by atoms with E-state index in [1.807, 2.05) is 48.5 Å². The number of nitrogens with zero attached hydrogens (tertiary/aromatic N) is 2. The van der Waals surface area contributed by atoms with Crippen molar-refractivity contribution in [3.8, 4) is 11.5 Å². The summed E-state index contributed by atoms with van der Waals surface area (Å²) in [5.41, 5.74) is -2.49. The summed E-state index contributed by atoms with van der Waals surface area (Å²) in [6, 6.07) is 19.5. The van der Waals surface area contributed by atoms with Gasteiger partial charge >= 0.3 is 31.7 Å². The summed E-state index contributed by atoms with van der Waals surface area (Å²) in [6.07, 6.45) is 2.49. The molecule has 420 valence electrons. The maximum atomic E-state index is 12.8. The van der Waals surface area contributed by atoms with Gasteiger partial charge in [0.15, 0.2) is 0 Å². The minimum atomic E-state index is -3.49. The van der Waals surface area contributed by atoms with Crippen molar-refractivity contribution < 1.29 is 84.3 Å². The molecule has 0 radical (unpaired) electrons. The number of benzene rings is 2. The number of rotatable bonds is 15. The van der Waals surface area contributed by atoms with Crippen LogP contribution in [0, 0.1) is 0 Å². The molecule has 23 heteroatoms. The second-order valence-electron chi connectivity index (χ2n) is 19.9. The van der Waals surface area contributed by atoms with Gasteiger partial charge in [-0.2, -0.15) is 0 Å². The maximum Gasteiger partial charge on any atom is 0.413 e. The number of carbonyl (C=O) groups is 5. The number of carbonyl (C=O) groups excluding carboxylic acids is 5. The molecule has 2 aliphatic heterocycles. The molecule has 0 bridgehead atoms. The Morgan fingerprint density at radius 3 is 1.48 bits per heavy atom. The number of methoxy groups -OCH3 is 2. The highest BCUT2D eigenvalue weighted by molar-refractivity contribution is 7.52. The van der Waals surface area contributed by atoms with Gasteiger partial charge in [0, 0.05) is 26.4 Å². The van der Waals surface area contributed by atoms with Crippen molar-refractivity contribution in [2.24, 2.45) is 0 Å². The summed E-state index contributed by atoms with van der Waals surface area (Å²) in [7, 11) is 1.26. The molecule has 6 rings (SSSR count). The SMILES string of the molecule is CC(C)(C)OC(=O)N1C(C=O)COC1(C)C.COC(=O)c1oc(/C=C/C2COC(C)(C)N2C(=O)OC(C)(C)C)cc(=O)c1OCc1ccccc1.COC(=O)c1oc(CP(=O)(OC)OC)cc(=O)c1OCc1ccccc1. The number of hydrogen-bond acceptors (Lipinski definition) is 20. The number of amides is 2. The van der Waals surface area contributed by atoms with Crippen LogP contribution in [0.15, 0.2) is 97.3 Å². The van der Waals surface area contributed by atoms with Gasteiger partial charge < -0.3 is 60.6 Å². The zero-order valence-corrected chi connectivity index (χ0v) is 46.8. The second kappa shape index (κ2) is 26.8. The van der Waals surface area contributed by atoms with Gasteiger partial charge in [-0.15, -0.1) is 0 Å². The highest BCUT2D eigenvalue weighted by atomic mass is 31.2. The normalized spacial score (nSPS) is 16.8. The Morgan fingerprint density at radius 2 is 1.06 bits per heavy atom. The van der Waals surface area contributed by atoms with E-state index in [4.69, 9.17) is 51.0 Å². The third-order valence-corrected chi connectivity index (χ3v) is 12.6. The van der Waals surface area contributed by atoms with Gasteiger partial charge in [0.2, 0.25) is 22.4 Å². The maximum absolute atomic E-state index is 12.8. The largest absolute Gasteiger partial charge is 0.481 e. The Labute approximate surface area is 446 Å². The standard InChI is InChI=1S/C26H31NO8.C17H19O8P.C11H19NO4/c1-25(2,3)35-24(30)27-18(16-33-26(27,4)5)12-13-19-14-20(28)21(22(34-19)23(29)31-6)32-15-17-10-8-7-9-11-17;1-21-17(19)16-15(24-10-12-7-5-4-6-8-12)14(18)9-13(25-16)11-26(20,22-2)23-3;1-10(2,3)16-9(14)12-8(6-13)7-15-11(12,4)5/h7-14,18H,15-16H2,1-6H3;4-9H,10-11H2,1-3H3;6,8H,7H2,1-5H3/b13-12+;;. The fourth-order valence-electron chi connectivity index (χ4n) is 7.22. The molecule has 0 saturated carbocycles. The van der Waals surface area contributed by atoms with Gasteiger partial charge in [0.25, 0.3) is 11.5 Å². The molecule has 22 nitrogen and oxygen atoms in total. The van der Waals surface area contributed by atoms with Crippen molar-refractivity contribution in [3.63, 3.8) is 0 Å². The lowest BCUT2D eigenvalue weighted by atomic mass is 10.2. The number of esters is 2. The van der Waals surface area contributed by atoms with Gasteiger partial charge in [-0.1, -0.05) is 66.7 Å². The summed E-state index contributed by atoms with van der Waals surface area (Å²) < 4.78 is 75.3. The molecule has 2 aromatic heterocycles. The first-order valence-electron chi connectivity index (χ1n) is 24.0. The molecular formula is C54H69N2O20P. The van der Waals surface area contributed by atoms with E-state index in [2.05, 4.69) is 4.74 Å². The lowest BCUT2D eigenvalue weighted by Gasteiger charge is -2.34. The zero-order chi connectivity index (χ0) is 57.5. The van der Waals surface area contributed by atoms with Crippen LogP contribution in [-0.4, -0.2) is 117 Å². The first-order chi connectivity index (χ1) is 36.0. The lowest BCUT2D eigenvalue weighted by Crippen LogP contribution is -2.50. The molecule has 2 unspecified atom stereocenters. The minimum Gasteiger partial charge on any atom is -0.481 e. The number of hydrogen-bond donors (Lipinski definition) is 0. The van der Waals surface area contributed by atoms with E-state index in [1.165, 1.54) is 43.3 Å². The van der Waals surface area contributed by atoms with Crippen molar-refractivity contribution in [3.05, 3.63) is 133 Å². The van der Waals surface area contributed by atoms with Crippen LogP contribution in [0.5, 0.6) is 11.5 Å². The Morgan fingerprint density at radius 1 is 0.649 bits per heavy atom. The molecule has 0 N–H and O–H groups in total. The predicted octanol–water partition coefficient (Wildman–Crippen LogP) is 8.94. The third kappa shape index (κ3) is 18.0. The van der Waals surface area contributed by atoms with Gasteiger partial charge in [-0.3, -0.25) is 24.0 Å². The Balaban J connectivity index is 0.000000268. The zero-order valence-electron chi connectivity index (χ0n) is 45.9. The molecule has 2 fully saturated rings. The molecule has 2 amide bonds. The predicted molar refractivity (Wildman–Crippen MR) is 278 cm³/mol. The fraction of sp³-hybridized carbons (Fsp3) is 0.463. The van der Waals surface area contributed by atoms with Gasteiger partial charge in [-0.05, 0) is 86.4 Å². The van der Waals surface area contributed by atoms with E-state index in [1.54, 1.807) is 87.4 Å². The Hall–Kier alpha value is -7.10. The molecule has 4 heterocycles. The van der Waals surface area contributed by atoms with Crippen LogP contribution in [0.3, 0.4) is 0 Å². The minimum absolute atomic E-state index is 0.0468. The summed E-state index contributed by atoms with van der Waals surface area (Å²) in [5, 5.41) is 0. The summed E-state index contributed by atoms with van der Waals surface area (Å²) in [5.74, 6) is -2.97. The van der Waals surface area contributed by atoms with Gasteiger partial charge in [-0.25, -0.2) is 19.2 Å². The molecule has 2 aromatic carbocycles. The lowest BCUT2D eigenvalue weighted by molar-refractivity contribution is -0.113. The van der Waals surface area contributed by atoms with Crippen LogP contribution in [0.25, 0.3) is 6.08 Å². The van der Waals surface area contributed by atoms with Crippen LogP contribution < -0.4 is 20.3 Å². The molecule has 2 saturated heterocycles. The smallest absolute Gasteiger partial charge is 0.413 e. The van der Waals surface area contributed by atoms with Crippen molar-refractivity contribution >= 4 is 44.1 Å². The quantitative estimate of drug-likeness (QED) is 0.0465. The van der Waals surface area contributed by atoms with Crippen LogP contribution in [0.4, 0.5) is 9.59 Å². The average Bonchev–Trinajstić information content (AvgIpc) is 3.86. The van der Waals surface area contributed by atoms with E-state index in [-0.39, 0.29) is 61.4 Å². The van der Waals surface area contributed by atoms with Crippen molar-refractivity contribution in [2.45, 2.75) is 123 Å². The van der Waals surface area contributed by atoms with Crippen LogP contribution >= 0.6 is 7.60 Å². The van der Waals surface area contributed by atoms with E-state index in [0.29, 0.717) is 6.29 Å². The molecule has 0 aliphatic carbocycles. The molecular weight excluding hydrogens is 1030 g/mol. The first-order valence-corrected chi connectivity index (χ1v) is 25.8. The van der Waals surface area contributed by atoms with Gasteiger partial charge in [0.1, 0.15) is 65.9 Å². The van der Waals surface area contributed by atoms with Crippen LogP contribution in [0.2, 0.25) is 0 Å². The molecule has 0 spiro atoms. The van der Waals surface area contributed by atoms with Crippen molar-refractivity contribution in [1.29, 1.82) is 0 Å². The summed E-state index contributed by atoms with van der Waals surface area (Å²) >= 11 is 0. The van der Waals surface area contributed by atoms with Gasteiger partial charge in [0.05, 0.1) is 33.5 Å². The Kier molecular flexibility index (Phi) is 21.7. The molecule has 2 aliphatic rings. The van der Waals surface area contributed by atoms with Crippen LogP contribution in [-0.2, 0) is 66.2 Å². The summed E-state index contributed by atoms with van der Waals surface area (Å²) in [4.78, 5) is 87.9. The fourth-order valence-corrected chi connectivity index (χ4v) is 8.16. The number of aldehydes is 1.